The third-order valence-electron chi connectivity index (χ3n) is 5.79. The molecule has 0 saturated carbocycles. The summed E-state index contributed by atoms with van der Waals surface area (Å²) in [5.74, 6) is -0.888. The molecule has 1 N–H and O–H groups in total. The smallest absolute Gasteiger partial charge is 0.339 e. The van der Waals surface area contributed by atoms with Crippen molar-refractivity contribution in [3.8, 4) is 0 Å². The second kappa shape index (κ2) is 20.7. The van der Waals surface area contributed by atoms with Crippen molar-refractivity contribution in [1.82, 2.24) is 5.32 Å². The number of carbonyl (C=O) groups excluding carboxylic acids is 2. The van der Waals surface area contributed by atoms with Crippen molar-refractivity contribution in [2.75, 3.05) is 26.3 Å². The summed E-state index contributed by atoms with van der Waals surface area (Å²) < 4.78 is 10.7. The zero-order chi connectivity index (χ0) is 24.0. The largest absolute Gasteiger partial charge is 0.462 e. The SMILES string of the molecule is C1CCNC1.CCCCCCCCOC(=O)c1ccccc1C(=O)OCCCCCCCC. The van der Waals surface area contributed by atoms with Gasteiger partial charge in [-0.1, -0.05) is 90.2 Å². The van der Waals surface area contributed by atoms with Gasteiger partial charge in [0.15, 0.2) is 0 Å². The highest BCUT2D eigenvalue weighted by Gasteiger charge is 2.18. The first-order valence-corrected chi connectivity index (χ1v) is 13.3. The van der Waals surface area contributed by atoms with E-state index in [1.54, 1.807) is 24.3 Å². The minimum absolute atomic E-state index is 0.293. The molecule has 0 aromatic heterocycles. The lowest BCUT2D eigenvalue weighted by Gasteiger charge is -2.10. The molecule has 0 bridgehead atoms. The van der Waals surface area contributed by atoms with Crippen LogP contribution in [-0.2, 0) is 9.47 Å². The molecular weight excluding hydrogens is 414 g/mol. The summed E-state index contributed by atoms with van der Waals surface area (Å²) in [6.45, 7) is 7.67. The number of ether oxygens (including phenoxy) is 2. The minimum atomic E-state index is -0.444. The summed E-state index contributed by atoms with van der Waals surface area (Å²) in [5.41, 5.74) is 0.586. The van der Waals surface area contributed by atoms with Crippen molar-refractivity contribution in [3.63, 3.8) is 0 Å². The van der Waals surface area contributed by atoms with E-state index in [9.17, 15) is 9.59 Å². The summed E-state index contributed by atoms with van der Waals surface area (Å²) in [6.07, 6.45) is 16.4. The molecule has 1 heterocycles. The molecule has 0 spiro atoms. The van der Waals surface area contributed by atoms with E-state index in [2.05, 4.69) is 19.2 Å². The van der Waals surface area contributed by atoms with Crippen LogP contribution in [-0.4, -0.2) is 38.2 Å². The van der Waals surface area contributed by atoms with Crippen LogP contribution >= 0.6 is 0 Å². The quantitative estimate of drug-likeness (QED) is 0.210. The van der Waals surface area contributed by atoms with Gasteiger partial charge in [-0.15, -0.1) is 0 Å². The fourth-order valence-corrected chi connectivity index (χ4v) is 3.71. The lowest BCUT2D eigenvalue weighted by Crippen LogP contribution is -2.15. The Kier molecular flexibility index (Phi) is 18.3. The van der Waals surface area contributed by atoms with Crippen molar-refractivity contribution in [2.24, 2.45) is 0 Å². The van der Waals surface area contributed by atoms with Gasteiger partial charge in [-0.2, -0.15) is 0 Å². The maximum atomic E-state index is 12.4. The number of carbonyl (C=O) groups is 2. The van der Waals surface area contributed by atoms with Crippen LogP contribution < -0.4 is 5.32 Å². The van der Waals surface area contributed by atoms with Crippen LogP contribution in [0.25, 0.3) is 0 Å². The average Bonchev–Trinajstić information content (AvgIpc) is 3.43. The van der Waals surface area contributed by atoms with Gasteiger partial charge in [0.25, 0.3) is 0 Å². The van der Waals surface area contributed by atoms with Gasteiger partial charge in [0.1, 0.15) is 0 Å². The van der Waals surface area contributed by atoms with Crippen molar-refractivity contribution in [3.05, 3.63) is 35.4 Å². The van der Waals surface area contributed by atoms with E-state index >= 15 is 0 Å². The highest BCUT2D eigenvalue weighted by molar-refractivity contribution is 6.03. The summed E-state index contributed by atoms with van der Waals surface area (Å²) >= 11 is 0. The standard InChI is InChI=1S/C24H38O4.C4H9N/c1-3-5-7-9-11-15-19-27-23(25)21-17-13-14-18-22(21)24(26)28-20-16-12-10-8-6-4-2;1-2-4-5-3-1/h13-14,17-18H,3-12,15-16,19-20H2,1-2H3;5H,1-4H2. The van der Waals surface area contributed by atoms with Crippen molar-refractivity contribution < 1.29 is 19.1 Å². The third-order valence-corrected chi connectivity index (χ3v) is 5.79. The normalized spacial score (nSPS) is 12.7. The Hall–Kier alpha value is -1.88. The fourth-order valence-electron chi connectivity index (χ4n) is 3.71. The van der Waals surface area contributed by atoms with Crippen LogP contribution in [0.1, 0.15) is 124 Å². The molecule has 0 aliphatic carbocycles. The highest BCUT2D eigenvalue weighted by atomic mass is 16.5. The van der Waals surface area contributed by atoms with Crippen LogP contribution in [0.4, 0.5) is 0 Å². The number of esters is 2. The Morgan fingerprint density at radius 1 is 0.667 bits per heavy atom. The number of hydrogen-bond acceptors (Lipinski definition) is 5. The highest BCUT2D eigenvalue weighted by Crippen LogP contribution is 2.14. The lowest BCUT2D eigenvalue weighted by molar-refractivity contribution is 0.0450. The van der Waals surface area contributed by atoms with Gasteiger partial charge >= 0.3 is 11.9 Å². The Bertz CT molecular complexity index is 571. The van der Waals surface area contributed by atoms with E-state index < -0.39 is 11.9 Å². The summed E-state index contributed by atoms with van der Waals surface area (Å²) in [6, 6.07) is 6.74. The molecule has 0 amide bonds. The zero-order valence-corrected chi connectivity index (χ0v) is 21.2. The minimum Gasteiger partial charge on any atom is -0.462 e. The van der Waals surface area contributed by atoms with Crippen LogP contribution in [0.2, 0.25) is 0 Å². The number of unbranched alkanes of at least 4 members (excludes halogenated alkanes) is 10. The maximum Gasteiger partial charge on any atom is 0.339 e. The van der Waals surface area contributed by atoms with Gasteiger partial charge < -0.3 is 14.8 Å². The Morgan fingerprint density at radius 3 is 1.42 bits per heavy atom. The molecule has 1 aliphatic rings. The van der Waals surface area contributed by atoms with Gasteiger partial charge in [0.2, 0.25) is 0 Å². The first-order valence-electron chi connectivity index (χ1n) is 13.3. The number of nitrogens with one attached hydrogen (secondary N) is 1. The van der Waals surface area contributed by atoms with Crippen LogP contribution in [0.5, 0.6) is 0 Å². The molecule has 1 saturated heterocycles. The molecule has 1 aromatic rings. The van der Waals surface area contributed by atoms with E-state index in [1.165, 1.54) is 77.3 Å². The van der Waals surface area contributed by atoms with Crippen LogP contribution in [0, 0.1) is 0 Å². The van der Waals surface area contributed by atoms with Crippen LogP contribution in [0.15, 0.2) is 24.3 Å². The second-order valence-electron chi connectivity index (χ2n) is 8.81. The van der Waals surface area contributed by atoms with Crippen molar-refractivity contribution in [2.45, 2.75) is 104 Å². The van der Waals surface area contributed by atoms with Crippen LogP contribution in [0.3, 0.4) is 0 Å². The number of hydrogen-bond donors (Lipinski definition) is 1. The molecule has 5 nitrogen and oxygen atoms in total. The Labute approximate surface area is 202 Å². The summed E-state index contributed by atoms with van der Waals surface area (Å²) in [5, 5.41) is 3.22. The van der Waals surface area contributed by atoms with Gasteiger partial charge in [0, 0.05) is 0 Å². The molecule has 1 aromatic carbocycles. The van der Waals surface area contributed by atoms with E-state index in [0.717, 1.165) is 25.7 Å². The molecule has 0 unspecified atom stereocenters. The maximum absolute atomic E-state index is 12.4. The molecule has 5 heteroatoms. The van der Waals surface area contributed by atoms with Crippen molar-refractivity contribution >= 4 is 11.9 Å². The predicted octanol–water partition coefficient (Wildman–Crippen LogP) is 7.09. The monoisotopic (exact) mass is 461 g/mol. The van der Waals surface area contributed by atoms with Gasteiger partial charge in [-0.25, -0.2) is 9.59 Å². The molecule has 2 rings (SSSR count). The van der Waals surface area contributed by atoms with E-state index in [1.807, 2.05) is 0 Å². The number of benzene rings is 1. The zero-order valence-electron chi connectivity index (χ0n) is 21.2. The van der Waals surface area contributed by atoms with E-state index in [-0.39, 0.29) is 0 Å². The molecule has 188 valence electrons. The summed E-state index contributed by atoms with van der Waals surface area (Å²) in [4.78, 5) is 24.7. The first kappa shape index (κ1) is 29.2. The Morgan fingerprint density at radius 2 is 1.06 bits per heavy atom. The van der Waals surface area contributed by atoms with E-state index in [0.29, 0.717) is 24.3 Å². The second-order valence-corrected chi connectivity index (χ2v) is 8.81. The van der Waals surface area contributed by atoms with Gasteiger partial charge in [-0.3, -0.25) is 0 Å². The molecule has 1 aliphatic heterocycles. The third kappa shape index (κ3) is 14.8. The first-order chi connectivity index (χ1) is 16.2. The molecular formula is C28H47NO4. The van der Waals surface area contributed by atoms with E-state index in [4.69, 9.17) is 9.47 Å². The topological polar surface area (TPSA) is 64.6 Å². The molecule has 0 atom stereocenters. The average molecular weight is 462 g/mol. The summed E-state index contributed by atoms with van der Waals surface area (Å²) in [7, 11) is 0. The number of rotatable bonds is 16. The Balaban J connectivity index is 0.000000953. The predicted molar refractivity (Wildman–Crippen MR) is 136 cm³/mol. The lowest BCUT2D eigenvalue weighted by atomic mass is 10.1. The fraction of sp³-hybridized carbons (Fsp3) is 0.714. The molecule has 33 heavy (non-hydrogen) atoms. The van der Waals surface area contributed by atoms with Gasteiger partial charge in [-0.05, 0) is 50.9 Å². The molecule has 0 radical (unpaired) electrons. The van der Waals surface area contributed by atoms with Crippen molar-refractivity contribution in [1.29, 1.82) is 0 Å². The van der Waals surface area contributed by atoms with Gasteiger partial charge in [0.05, 0.1) is 24.3 Å². The molecule has 1 fully saturated rings.